The Kier molecular flexibility index (Phi) is 8.98. The van der Waals surface area contributed by atoms with Crippen LogP contribution in [0.4, 0.5) is 21.4 Å². The van der Waals surface area contributed by atoms with Crippen LogP contribution in [0.1, 0.15) is 45.7 Å². The summed E-state index contributed by atoms with van der Waals surface area (Å²) in [6, 6.07) is 20.2. The lowest BCUT2D eigenvalue weighted by Crippen LogP contribution is -2.12. The van der Waals surface area contributed by atoms with E-state index in [0.717, 1.165) is 22.5 Å². The number of rotatable bonds is 8. The number of benzene rings is 2. The third kappa shape index (κ3) is 6.91. The molecule has 0 saturated heterocycles. The summed E-state index contributed by atoms with van der Waals surface area (Å²) in [4.78, 5) is 42.4. The lowest BCUT2D eigenvalue weighted by atomic mass is 10.1. The van der Waals surface area contributed by atoms with Crippen LogP contribution in [-0.4, -0.2) is 37.2 Å². The van der Waals surface area contributed by atoms with E-state index in [2.05, 4.69) is 32.0 Å². The van der Waals surface area contributed by atoms with Crippen molar-refractivity contribution in [3.05, 3.63) is 70.8 Å². The van der Waals surface area contributed by atoms with Crippen LogP contribution in [0.25, 0.3) is 0 Å². The lowest BCUT2D eigenvalue weighted by molar-refractivity contribution is 0.0481. The summed E-state index contributed by atoms with van der Waals surface area (Å²) < 4.78 is 10.3. The first-order valence-electron chi connectivity index (χ1n) is 10.9. The number of thiophene rings is 1. The second-order valence-corrected chi connectivity index (χ2v) is 8.21. The Hall–Kier alpha value is -4.16. The molecule has 1 heterocycles. The molecule has 3 rings (SSSR count). The fourth-order valence-electron chi connectivity index (χ4n) is 3.00. The van der Waals surface area contributed by atoms with E-state index in [0.29, 0.717) is 11.4 Å². The highest BCUT2D eigenvalue weighted by Gasteiger charge is 2.30. The number of hydrogen-bond donors (Lipinski definition) is 0. The van der Waals surface area contributed by atoms with E-state index < -0.39 is 11.9 Å². The molecule has 2 aromatic carbocycles. The van der Waals surface area contributed by atoms with Crippen molar-refractivity contribution in [2.45, 2.75) is 27.7 Å². The van der Waals surface area contributed by atoms with Crippen LogP contribution in [0.15, 0.2) is 68.5 Å². The molecule has 0 amide bonds. The van der Waals surface area contributed by atoms with Gasteiger partial charge in [-0.3, -0.25) is 0 Å². The molecule has 3 aromatic rings. The molecule has 8 nitrogen and oxygen atoms in total. The van der Waals surface area contributed by atoms with Crippen LogP contribution in [0.3, 0.4) is 0 Å². The third-order valence-corrected chi connectivity index (χ3v) is 5.47. The van der Waals surface area contributed by atoms with Crippen molar-refractivity contribution in [1.82, 2.24) is 0 Å². The molecule has 0 bridgehead atoms. The van der Waals surface area contributed by atoms with Gasteiger partial charge in [0, 0.05) is 0 Å². The summed E-state index contributed by atoms with van der Waals surface area (Å²) in [5.41, 5.74) is 3.25. The van der Waals surface area contributed by atoms with Crippen LogP contribution >= 0.6 is 11.3 Å². The molecule has 0 aliphatic carbocycles. The summed E-state index contributed by atoms with van der Waals surface area (Å²) in [6.45, 7) is 7.47. The van der Waals surface area contributed by atoms with Crippen molar-refractivity contribution in [1.29, 1.82) is 0 Å². The van der Waals surface area contributed by atoms with E-state index in [1.54, 1.807) is 26.0 Å². The molecule has 178 valence electrons. The Morgan fingerprint density at radius 3 is 1.54 bits per heavy atom. The Labute approximate surface area is 207 Å². The summed E-state index contributed by atoms with van der Waals surface area (Å²) in [6.07, 6.45) is 0. The van der Waals surface area contributed by atoms with Crippen molar-refractivity contribution in [2.24, 2.45) is 20.0 Å². The quantitative estimate of drug-likeness (QED) is 0.252. The van der Waals surface area contributed by atoms with Gasteiger partial charge in [0.25, 0.3) is 0 Å². The Morgan fingerprint density at radius 2 is 1.17 bits per heavy atom. The highest BCUT2D eigenvalue weighted by Crippen LogP contribution is 2.42. The maximum atomic E-state index is 12.8. The molecule has 0 spiro atoms. The minimum absolute atomic E-state index is 0.0571. The van der Waals surface area contributed by atoms with Gasteiger partial charge in [0.2, 0.25) is 0 Å². The highest BCUT2D eigenvalue weighted by molar-refractivity contribution is 7.20. The van der Waals surface area contributed by atoms with E-state index in [1.807, 2.05) is 50.2 Å². The first-order chi connectivity index (χ1) is 16.9. The van der Waals surface area contributed by atoms with Gasteiger partial charge < -0.3 is 9.47 Å². The number of hydrogen-bond acceptors (Lipinski definition) is 9. The van der Waals surface area contributed by atoms with Crippen LogP contribution in [0, 0.1) is 13.8 Å². The molecule has 0 N–H and O–H groups in total. The fourth-order valence-corrected chi connectivity index (χ4v) is 3.93. The predicted octanol–water partition coefficient (Wildman–Crippen LogP) is 6.99. The Balaban J connectivity index is 2.12. The second kappa shape index (κ2) is 12.3. The first kappa shape index (κ1) is 25.5. The van der Waals surface area contributed by atoms with Crippen molar-refractivity contribution < 1.29 is 19.1 Å². The topological polar surface area (TPSA) is 102 Å². The minimum Gasteiger partial charge on any atom is -0.462 e. The minimum atomic E-state index is -0.722. The highest BCUT2D eigenvalue weighted by atomic mass is 32.1. The molecule has 35 heavy (non-hydrogen) atoms. The number of carbonyl (C=O) groups is 2. The molecule has 0 fully saturated rings. The molecular weight excluding hydrogens is 464 g/mol. The SMILES string of the molecule is CCOC(=O)c1c(N=C=Nc2cccc(C)c2)sc(N=C=Nc2cccc(C)c2)c1C(=O)OCC. The van der Waals surface area contributed by atoms with Crippen LogP contribution < -0.4 is 0 Å². The van der Waals surface area contributed by atoms with Gasteiger partial charge in [0.05, 0.1) is 24.6 Å². The van der Waals surface area contributed by atoms with Gasteiger partial charge >= 0.3 is 11.9 Å². The maximum Gasteiger partial charge on any atom is 0.342 e. The zero-order chi connectivity index (χ0) is 25.2. The smallest absolute Gasteiger partial charge is 0.342 e. The number of esters is 2. The Morgan fingerprint density at radius 1 is 0.743 bits per heavy atom. The zero-order valence-electron chi connectivity index (χ0n) is 19.9. The lowest BCUT2D eigenvalue weighted by Gasteiger charge is -2.05. The summed E-state index contributed by atoms with van der Waals surface area (Å²) >= 11 is 0.991. The second-order valence-electron chi connectivity index (χ2n) is 7.23. The number of carbonyl (C=O) groups excluding carboxylic acids is 2. The molecule has 0 atom stereocenters. The zero-order valence-corrected chi connectivity index (χ0v) is 20.7. The van der Waals surface area contributed by atoms with Gasteiger partial charge in [0.15, 0.2) is 0 Å². The fraction of sp³-hybridized carbons (Fsp3) is 0.231. The van der Waals surface area contributed by atoms with E-state index in [1.165, 1.54) is 0 Å². The van der Waals surface area contributed by atoms with Crippen molar-refractivity contribution in [3.63, 3.8) is 0 Å². The summed E-state index contributed by atoms with van der Waals surface area (Å²) in [7, 11) is 0. The molecule has 0 saturated carbocycles. The first-order valence-corrected chi connectivity index (χ1v) is 11.7. The molecule has 0 unspecified atom stereocenters. The summed E-state index contributed by atoms with van der Waals surface area (Å²) in [5.74, 6) is -1.44. The third-order valence-electron chi connectivity index (χ3n) is 4.49. The largest absolute Gasteiger partial charge is 0.462 e. The van der Waals surface area contributed by atoms with Crippen molar-refractivity contribution >= 4 is 56.7 Å². The van der Waals surface area contributed by atoms with E-state index in [4.69, 9.17) is 9.47 Å². The van der Waals surface area contributed by atoms with Gasteiger partial charge in [-0.1, -0.05) is 35.6 Å². The van der Waals surface area contributed by atoms with Crippen LogP contribution in [0.5, 0.6) is 0 Å². The molecule has 9 heteroatoms. The van der Waals surface area contributed by atoms with Gasteiger partial charge in [-0.05, 0) is 63.1 Å². The van der Waals surface area contributed by atoms with E-state index >= 15 is 0 Å². The summed E-state index contributed by atoms with van der Waals surface area (Å²) in [5, 5.41) is 0.332. The average molecular weight is 489 g/mol. The van der Waals surface area contributed by atoms with Gasteiger partial charge in [-0.2, -0.15) is 20.0 Å². The standard InChI is InChI=1S/C26H24N4O4S/c1-5-33-25(31)21-22(26(32)34-6-2)24(30-16-28-20-12-8-10-18(4)14-20)35-23(21)29-15-27-19-11-7-9-17(3)13-19/h7-14H,5-6H2,1-4H3. The number of nitrogens with zero attached hydrogens (tertiary/aromatic N) is 4. The molecule has 0 aliphatic rings. The number of aliphatic imine (C=N–C) groups is 4. The van der Waals surface area contributed by atoms with Crippen molar-refractivity contribution in [3.8, 4) is 0 Å². The van der Waals surface area contributed by atoms with E-state index in [9.17, 15) is 9.59 Å². The molecular formula is C26H24N4O4S. The molecule has 1 aromatic heterocycles. The molecule has 0 aliphatic heterocycles. The number of aryl methyl sites for hydroxylation is 2. The van der Waals surface area contributed by atoms with Crippen LogP contribution in [0.2, 0.25) is 0 Å². The number of ether oxygens (including phenoxy) is 2. The Bertz CT molecular complexity index is 1260. The monoisotopic (exact) mass is 488 g/mol. The average Bonchev–Trinajstić information content (AvgIpc) is 3.18. The predicted molar refractivity (Wildman–Crippen MR) is 137 cm³/mol. The molecule has 0 radical (unpaired) electrons. The van der Waals surface area contributed by atoms with Crippen LogP contribution in [-0.2, 0) is 9.47 Å². The maximum absolute atomic E-state index is 12.8. The normalized spacial score (nSPS) is 9.94. The van der Waals surface area contributed by atoms with Crippen molar-refractivity contribution in [2.75, 3.05) is 13.2 Å². The van der Waals surface area contributed by atoms with Gasteiger partial charge in [-0.25, -0.2) is 9.59 Å². The van der Waals surface area contributed by atoms with Gasteiger partial charge in [0.1, 0.15) is 33.1 Å². The van der Waals surface area contributed by atoms with E-state index in [-0.39, 0.29) is 34.3 Å². The van der Waals surface area contributed by atoms with Gasteiger partial charge in [-0.15, -0.1) is 0 Å².